The van der Waals surface area contributed by atoms with Gasteiger partial charge >= 0.3 is 6.18 Å². The lowest BCUT2D eigenvalue weighted by atomic mass is 9.89. The third-order valence-corrected chi connectivity index (χ3v) is 6.80. The molecule has 0 radical (unpaired) electrons. The number of amides is 1. The number of halogens is 5. The molecule has 1 saturated heterocycles. The van der Waals surface area contributed by atoms with Gasteiger partial charge in [0.1, 0.15) is 11.6 Å². The van der Waals surface area contributed by atoms with E-state index in [2.05, 4.69) is 10.8 Å². The number of rotatable bonds is 4. The van der Waals surface area contributed by atoms with E-state index < -0.39 is 23.5 Å². The molecule has 1 aliphatic heterocycles. The Hall–Kier alpha value is -3.68. The Morgan fingerprint density at radius 2 is 1.67 bits per heavy atom. The summed E-state index contributed by atoms with van der Waals surface area (Å²) in [6.07, 6.45) is -1.50. The van der Waals surface area contributed by atoms with Crippen molar-refractivity contribution in [2.45, 2.75) is 31.5 Å². The van der Waals surface area contributed by atoms with E-state index in [-0.39, 0.29) is 17.3 Å². The van der Waals surface area contributed by atoms with Crippen LogP contribution in [0.5, 0.6) is 0 Å². The van der Waals surface area contributed by atoms with Crippen molar-refractivity contribution in [1.29, 1.82) is 0 Å². The van der Waals surface area contributed by atoms with Gasteiger partial charge in [-0.1, -0.05) is 30.3 Å². The van der Waals surface area contributed by atoms with Crippen molar-refractivity contribution in [2.24, 2.45) is 0 Å². The highest BCUT2D eigenvalue weighted by molar-refractivity contribution is 5.94. The third kappa shape index (κ3) is 4.72. The lowest BCUT2D eigenvalue weighted by Crippen LogP contribution is -2.38. The standard InChI is InChI=1S/C28H23F5N2O/c29-21-5-3-4-18(14-21)16-35-17-23(22-6-1-2-7-26(22)35)19-10-12-34(13-11-19)27(36)20-8-9-25(30)24(15-20)28(31,32)33/h1-9,14-15,17,19H,10-13,16H2. The molecule has 0 unspecified atom stereocenters. The molecule has 5 rings (SSSR count). The molecule has 0 atom stereocenters. The van der Waals surface area contributed by atoms with Crippen molar-refractivity contribution in [3.8, 4) is 0 Å². The van der Waals surface area contributed by atoms with E-state index in [0.29, 0.717) is 44.6 Å². The minimum atomic E-state index is -4.87. The van der Waals surface area contributed by atoms with Crippen LogP contribution in [0.3, 0.4) is 0 Å². The first kappa shape index (κ1) is 24.0. The first-order chi connectivity index (χ1) is 17.2. The highest BCUT2D eigenvalue weighted by Crippen LogP contribution is 2.36. The number of piperidine rings is 1. The van der Waals surface area contributed by atoms with Gasteiger partial charge in [0.2, 0.25) is 0 Å². The van der Waals surface area contributed by atoms with E-state index in [1.165, 1.54) is 17.0 Å². The van der Waals surface area contributed by atoms with Crippen molar-refractivity contribution in [3.05, 3.63) is 107 Å². The number of carbonyl (C=O) groups excluding carboxylic acids is 1. The highest BCUT2D eigenvalue weighted by Gasteiger charge is 2.35. The number of alkyl halides is 3. The molecule has 0 saturated carbocycles. The van der Waals surface area contributed by atoms with Gasteiger partial charge in [-0.3, -0.25) is 4.79 Å². The van der Waals surface area contributed by atoms with Crippen molar-refractivity contribution in [2.75, 3.05) is 13.1 Å². The van der Waals surface area contributed by atoms with Crippen LogP contribution in [0.2, 0.25) is 0 Å². The van der Waals surface area contributed by atoms with Gasteiger partial charge in [-0.05, 0) is 66.3 Å². The van der Waals surface area contributed by atoms with Gasteiger partial charge in [0, 0.05) is 42.3 Å². The second-order valence-corrected chi connectivity index (χ2v) is 9.12. The molecule has 0 bridgehead atoms. The van der Waals surface area contributed by atoms with Crippen LogP contribution in [0.15, 0.2) is 72.9 Å². The Morgan fingerprint density at radius 3 is 2.39 bits per heavy atom. The molecule has 2 heterocycles. The highest BCUT2D eigenvalue weighted by atomic mass is 19.4. The fourth-order valence-electron chi connectivity index (χ4n) is 5.02. The SMILES string of the molecule is O=C(c1ccc(F)c(C(F)(F)F)c1)N1CCC(c2cn(Cc3cccc(F)c3)c3ccccc23)CC1. The Bertz CT molecular complexity index is 1420. The van der Waals surface area contributed by atoms with Crippen LogP contribution < -0.4 is 0 Å². The lowest BCUT2D eigenvalue weighted by Gasteiger charge is -2.32. The van der Waals surface area contributed by atoms with Crippen molar-refractivity contribution in [1.82, 2.24) is 9.47 Å². The molecule has 1 amide bonds. The van der Waals surface area contributed by atoms with Gasteiger partial charge < -0.3 is 9.47 Å². The summed E-state index contributed by atoms with van der Waals surface area (Å²) in [6.45, 7) is 1.28. The molecule has 186 valence electrons. The predicted octanol–water partition coefficient (Wildman–Crippen LogP) is 7.01. The molecule has 1 aromatic heterocycles. The Balaban J connectivity index is 1.34. The number of likely N-dealkylation sites (tertiary alicyclic amines) is 1. The first-order valence-corrected chi connectivity index (χ1v) is 11.7. The number of fused-ring (bicyclic) bond motifs is 1. The van der Waals surface area contributed by atoms with Gasteiger partial charge in [-0.15, -0.1) is 0 Å². The van der Waals surface area contributed by atoms with Gasteiger partial charge in [0.15, 0.2) is 0 Å². The molecule has 8 heteroatoms. The van der Waals surface area contributed by atoms with Crippen LogP contribution in [0, 0.1) is 11.6 Å². The number of nitrogens with zero attached hydrogens (tertiary/aromatic N) is 2. The largest absolute Gasteiger partial charge is 0.419 e. The third-order valence-electron chi connectivity index (χ3n) is 6.80. The predicted molar refractivity (Wildman–Crippen MR) is 127 cm³/mol. The minimum absolute atomic E-state index is 0.159. The van der Waals surface area contributed by atoms with Crippen LogP contribution >= 0.6 is 0 Å². The molecular formula is C28H23F5N2O. The van der Waals surface area contributed by atoms with Gasteiger partial charge in [0.05, 0.1) is 5.56 Å². The average molecular weight is 498 g/mol. The molecular weight excluding hydrogens is 475 g/mol. The molecule has 3 nitrogen and oxygen atoms in total. The smallest absolute Gasteiger partial charge is 0.343 e. The Labute approximate surface area is 204 Å². The van der Waals surface area contributed by atoms with E-state index in [1.54, 1.807) is 6.07 Å². The van der Waals surface area contributed by atoms with Crippen molar-refractivity contribution < 1.29 is 26.7 Å². The zero-order valence-corrected chi connectivity index (χ0v) is 19.2. The van der Waals surface area contributed by atoms with Gasteiger partial charge in [-0.25, -0.2) is 8.78 Å². The summed E-state index contributed by atoms with van der Waals surface area (Å²) in [5, 5.41) is 1.09. The van der Waals surface area contributed by atoms with Crippen LogP contribution in [-0.2, 0) is 12.7 Å². The van der Waals surface area contributed by atoms with Crippen LogP contribution in [0.4, 0.5) is 22.0 Å². The molecule has 1 fully saturated rings. The van der Waals surface area contributed by atoms with E-state index in [4.69, 9.17) is 0 Å². The molecule has 1 aliphatic rings. The normalized spacial score (nSPS) is 15.0. The number of aromatic nitrogens is 1. The maximum absolute atomic E-state index is 13.7. The summed E-state index contributed by atoms with van der Waals surface area (Å²) in [5.41, 5.74) is 1.40. The summed E-state index contributed by atoms with van der Waals surface area (Å²) in [4.78, 5) is 14.4. The number of carbonyl (C=O) groups is 1. The fraction of sp³-hybridized carbons (Fsp3) is 0.250. The second-order valence-electron chi connectivity index (χ2n) is 9.12. The molecule has 0 N–H and O–H groups in total. The maximum atomic E-state index is 13.7. The quantitative estimate of drug-likeness (QED) is 0.278. The molecule has 0 aliphatic carbocycles. The number of hydrogen-bond donors (Lipinski definition) is 0. The number of benzene rings is 3. The summed E-state index contributed by atoms with van der Waals surface area (Å²) in [7, 11) is 0. The topological polar surface area (TPSA) is 25.2 Å². The Morgan fingerprint density at radius 1 is 0.917 bits per heavy atom. The van der Waals surface area contributed by atoms with E-state index in [1.807, 2.05) is 30.3 Å². The molecule has 36 heavy (non-hydrogen) atoms. The summed E-state index contributed by atoms with van der Waals surface area (Å²) < 4.78 is 68.6. The summed E-state index contributed by atoms with van der Waals surface area (Å²) >= 11 is 0. The number of para-hydroxylation sites is 1. The van der Waals surface area contributed by atoms with Crippen LogP contribution in [-0.4, -0.2) is 28.5 Å². The summed E-state index contributed by atoms with van der Waals surface area (Å²) in [5.74, 6) is -2.06. The van der Waals surface area contributed by atoms with Crippen LogP contribution in [0.1, 0.15) is 45.8 Å². The molecule has 4 aromatic rings. The average Bonchev–Trinajstić information content (AvgIpc) is 3.22. The van der Waals surface area contributed by atoms with E-state index >= 15 is 0 Å². The number of hydrogen-bond acceptors (Lipinski definition) is 1. The van der Waals surface area contributed by atoms with Gasteiger partial charge in [0.25, 0.3) is 5.91 Å². The molecule has 3 aromatic carbocycles. The van der Waals surface area contributed by atoms with Crippen molar-refractivity contribution >= 4 is 16.8 Å². The second kappa shape index (κ2) is 9.41. The first-order valence-electron chi connectivity index (χ1n) is 11.7. The zero-order chi connectivity index (χ0) is 25.4. The van der Waals surface area contributed by atoms with Crippen LogP contribution in [0.25, 0.3) is 10.9 Å². The van der Waals surface area contributed by atoms with Crippen molar-refractivity contribution in [3.63, 3.8) is 0 Å². The monoisotopic (exact) mass is 498 g/mol. The Kier molecular flexibility index (Phi) is 6.28. The van der Waals surface area contributed by atoms with E-state index in [9.17, 15) is 26.7 Å². The fourth-order valence-corrected chi connectivity index (χ4v) is 5.02. The lowest BCUT2D eigenvalue weighted by molar-refractivity contribution is -0.140. The minimum Gasteiger partial charge on any atom is -0.343 e. The maximum Gasteiger partial charge on any atom is 0.419 e. The zero-order valence-electron chi connectivity index (χ0n) is 19.2. The van der Waals surface area contributed by atoms with E-state index in [0.717, 1.165) is 28.1 Å². The summed E-state index contributed by atoms with van der Waals surface area (Å²) in [6, 6.07) is 16.8. The van der Waals surface area contributed by atoms with Gasteiger partial charge in [-0.2, -0.15) is 13.2 Å². The molecule has 0 spiro atoms.